The lowest BCUT2D eigenvalue weighted by atomic mass is 10.1. The Morgan fingerprint density at radius 1 is 1.32 bits per heavy atom. The summed E-state index contributed by atoms with van der Waals surface area (Å²) in [5, 5.41) is 19.1. The highest BCUT2D eigenvalue weighted by Crippen LogP contribution is 2.25. The number of benzene rings is 1. The van der Waals surface area contributed by atoms with Gasteiger partial charge in [-0.25, -0.2) is 4.39 Å². The van der Waals surface area contributed by atoms with Crippen molar-refractivity contribution in [3.8, 4) is 6.07 Å². The highest BCUT2D eigenvalue weighted by molar-refractivity contribution is 5.18. The van der Waals surface area contributed by atoms with Crippen LogP contribution in [-0.2, 0) is 0 Å². The minimum Gasteiger partial charge on any atom is -0.387 e. The third-order valence-corrected chi connectivity index (χ3v) is 3.78. The normalized spacial score (nSPS) is 17.6. The summed E-state index contributed by atoms with van der Waals surface area (Å²) < 4.78 is 12.8. The van der Waals surface area contributed by atoms with E-state index in [9.17, 15) is 9.50 Å². The second-order valence-electron chi connectivity index (χ2n) is 5.09. The highest BCUT2D eigenvalue weighted by atomic mass is 19.1. The van der Waals surface area contributed by atoms with Crippen LogP contribution in [0.5, 0.6) is 0 Å². The summed E-state index contributed by atoms with van der Waals surface area (Å²) in [7, 11) is 0. The average Bonchev–Trinajstić information content (AvgIpc) is 2.92. The molecule has 0 spiro atoms. The summed E-state index contributed by atoms with van der Waals surface area (Å²) in [6, 6.07) is 8.46. The van der Waals surface area contributed by atoms with Crippen LogP contribution in [0.3, 0.4) is 0 Å². The molecule has 1 N–H and O–H groups in total. The van der Waals surface area contributed by atoms with E-state index in [-0.39, 0.29) is 5.82 Å². The summed E-state index contributed by atoms with van der Waals surface area (Å²) in [5.74, 6) is -0.305. The Labute approximate surface area is 113 Å². The fourth-order valence-electron chi connectivity index (χ4n) is 2.72. The largest absolute Gasteiger partial charge is 0.387 e. The van der Waals surface area contributed by atoms with E-state index in [1.165, 1.54) is 25.0 Å². The van der Waals surface area contributed by atoms with Gasteiger partial charge in [0.15, 0.2) is 0 Å². The van der Waals surface area contributed by atoms with Crippen LogP contribution in [0.15, 0.2) is 24.3 Å². The molecule has 3 nitrogen and oxygen atoms in total. The van der Waals surface area contributed by atoms with Gasteiger partial charge in [-0.15, -0.1) is 0 Å². The first kappa shape index (κ1) is 14.0. The quantitative estimate of drug-likeness (QED) is 0.830. The molecule has 1 aromatic rings. The van der Waals surface area contributed by atoms with Gasteiger partial charge in [-0.1, -0.05) is 25.0 Å². The van der Waals surface area contributed by atoms with Crippen LogP contribution in [0.4, 0.5) is 4.39 Å². The summed E-state index contributed by atoms with van der Waals surface area (Å²) >= 11 is 0. The second-order valence-corrected chi connectivity index (χ2v) is 5.09. The Hall–Kier alpha value is -1.44. The van der Waals surface area contributed by atoms with Crippen LogP contribution < -0.4 is 0 Å². The van der Waals surface area contributed by atoms with E-state index in [1.807, 2.05) is 4.90 Å². The van der Waals surface area contributed by atoms with Gasteiger partial charge >= 0.3 is 0 Å². The van der Waals surface area contributed by atoms with E-state index in [2.05, 4.69) is 6.07 Å². The number of halogens is 1. The van der Waals surface area contributed by atoms with Crippen molar-refractivity contribution in [2.24, 2.45) is 0 Å². The molecule has 1 unspecified atom stereocenters. The van der Waals surface area contributed by atoms with Gasteiger partial charge in [0.05, 0.1) is 18.7 Å². The molecule has 2 rings (SSSR count). The Bertz CT molecular complexity index is 434. The number of hydrogen-bond acceptors (Lipinski definition) is 3. The lowest BCUT2D eigenvalue weighted by Crippen LogP contribution is -2.37. The molecule has 1 aromatic carbocycles. The molecular formula is C15H19FN2O. The molecule has 1 fully saturated rings. The van der Waals surface area contributed by atoms with E-state index < -0.39 is 6.10 Å². The molecule has 19 heavy (non-hydrogen) atoms. The molecule has 0 heterocycles. The predicted octanol–water partition coefficient (Wildman–Crippen LogP) is 2.63. The molecule has 1 atom stereocenters. The summed E-state index contributed by atoms with van der Waals surface area (Å²) in [6.45, 7) is 0.771. The van der Waals surface area contributed by atoms with Crippen molar-refractivity contribution in [3.05, 3.63) is 35.6 Å². The maximum Gasteiger partial charge on any atom is 0.123 e. The smallest absolute Gasteiger partial charge is 0.123 e. The van der Waals surface area contributed by atoms with E-state index in [0.717, 1.165) is 12.8 Å². The summed E-state index contributed by atoms with van der Waals surface area (Å²) in [4.78, 5) is 2.04. The zero-order valence-electron chi connectivity index (χ0n) is 10.9. The van der Waals surface area contributed by atoms with Crippen molar-refractivity contribution >= 4 is 0 Å². The molecule has 102 valence electrons. The molecule has 1 aliphatic carbocycles. The number of nitrogens with zero attached hydrogens (tertiary/aromatic N) is 2. The van der Waals surface area contributed by atoms with Crippen molar-refractivity contribution in [2.45, 2.75) is 37.8 Å². The van der Waals surface area contributed by atoms with Gasteiger partial charge in [0, 0.05) is 12.6 Å². The van der Waals surface area contributed by atoms with E-state index in [0.29, 0.717) is 24.7 Å². The maximum atomic E-state index is 12.8. The van der Waals surface area contributed by atoms with Crippen molar-refractivity contribution in [2.75, 3.05) is 13.1 Å². The molecule has 0 bridgehead atoms. The predicted molar refractivity (Wildman–Crippen MR) is 70.8 cm³/mol. The van der Waals surface area contributed by atoms with Crippen LogP contribution >= 0.6 is 0 Å². The molecular weight excluding hydrogens is 243 g/mol. The fourth-order valence-corrected chi connectivity index (χ4v) is 2.72. The molecule has 0 amide bonds. The molecule has 1 aliphatic rings. The summed E-state index contributed by atoms with van der Waals surface area (Å²) in [5.41, 5.74) is 0.697. The third-order valence-electron chi connectivity index (χ3n) is 3.78. The Morgan fingerprint density at radius 2 is 1.95 bits per heavy atom. The Balaban J connectivity index is 1.99. The van der Waals surface area contributed by atoms with Crippen LogP contribution in [0.2, 0.25) is 0 Å². The minimum atomic E-state index is -0.672. The number of aliphatic hydroxyl groups is 1. The Kier molecular flexibility index (Phi) is 4.89. The Morgan fingerprint density at radius 3 is 2.53 bits per heavy atom. The number of rotatable bonds is 5. The first-order valence-electron chi connectivity index (χ1n) is 6.75. The van der Waals surface area contributed by atoms with E-state index in [1.54, 1.807) is 12.1 Å². The number of hydrogen-bond donors (Lipinski definition) is 1. The first-order chi connectivity index (χ1) is 9.20. The summed E-state index contributed by atoms with van der Waals surface area (Å²) in [6.07, 6.45) is 3.91. The molecule has 1 saturated carbocycles. The van der Waals surface area contributed by atoms with Gasteiger partial charge in [0.1, 0.15) is 5.82 Å². The molecule has 0 aromatic heterocycles. The monoisotopic (exact) mass is 262 g/mol. The van der Waals surface area contributed by atoms with E-state index in [4.69, 9.17) is 5.26 Å². The van der Waals surface area contributed by atoms with Crippen LogP contribution in [0, 0.1) is 17.1 Å². The SMILES string of the molecule is N#CCN(CC(O)c1ccc(F)cc1)C1CCCC1. The highest BCUT2D eigenvalue weighted by Gasteiger charge is 2.24. The average molecular weight is 262 g/mol. The van der Waals surface area contributed by atoms with Crippen LogP contribution in [-0.4, -0.2) is 29.1 Å². The minimum absolute atomic E-state index is 0.305. The molecule has 0 radical (unpaired) electrons. The van der Waals surface area contributed by atoms with Crippen molar-refractivity contribution in [1.82, 2.24) is 4.90 Å². The molecule has 4 heteroatoms. The van der Waals surface area contributed by atoms with Gasteiger partial charge in [0.2, 0.25) is 0 Å². The van der Waals surface area contributed by atoms with Crippen molar-refractivity contribution < 1.29 is 9.50 Å². The fraction of sp³-hybridized carbons (Fsp3) is 0.533. The lowest BCUT2D eigenvalue weighted by molar-refractivity contribution is 0.0967. The zero-order valence-corrected chi connectivity index (χ0v) is 10.9. The van der Waals surface area contributed by atoms with Gasteiger partial charge < -0.3 is 5.11 Å². The second kappa shape index (κ2) is 6.65. The van der Waals surface area contributed by atoms with Gasteiger partial charge in [0.25, 0.3) is 0 Å². The number of nitriles is 1. The van der Waals surface area contributed by atoms with Crippen LogP contribution in [0.1, 0.15) is 37.4 Å². The van der Waals surface area contributed by atoms with Gasteiger partial charge in [-0.3, -0.25) is 4.90 Å². The molecule has 0 saturated heterocycles. The van der Waals surface area contributed by atoms with Crippen molar-refractivity contribution in [3.63, 3.8) is 0 Å². The maximum absolute atomic E-state index is 12.8. The number of aliphatic hydroxyl groups excluding tert-OH is 1. The first-order valence-corrected chi connectivity index (χ1v) is 6.75. The van der Waals surface area contributed by atoms with E-state index >= 15 is 0 Å². The van der Waals surface area contributed by atoms with Gasteiger partial charge in [-0.2, -0.15) is 5.26 Å². The van der Waals surface area contributed by atoms with Gasteiger partial charge in [-0.05, 0) is 30.5 Å². The van der Waals surface area contributed by atoms with Crippen LogP contribution in [0.25, 0.3) is 0 Å². The zero-order chi connectivity index (χ0) is 13.7. The topological polar surface area (TPSA) is 47.3 Å². The standard InChI is InChI=1S/C15H19FN2O/c16-13-7-5-12(6-8-13)15(19)11-18(10-9-17)14-3-1-2-4-14/h5-8,14-15,19H,1-4,10-11H2. The van der Waals surface area contributed by atoms with Crippen molar-refractivity contribution in [1.29, 1.82) is 5.26 Å². The lowest BCUT2D eigenvalue weighted by Gasteiger charge is -2.28. The third kappa shape index (κ3) is 3.76. The molecule has 0 aliphatic heterocycles.